The van der Waals surface area contributed by atoms with Gasteiger partial charge in [0, 0.05) is 5.69 Å². The van der Waals surface area contributed by atoms with Crippen molar-refractivity contribution in [3.63, 3.8) is 0 Å². The maximum atomic E-state index is 11.9. The third kappa shape index (κ3) is 5.75. The van der Waals surface area contributed by atoms with Crippen LogP contribution < -0.4 is 21.1 Å². The number of carbonyl (C=O) groups excluding carboxylic acids is 2. The van der Waals surface area contributed by atoms with Gasteiger partial charge in [-0.1, -0.05) is 12.1 Å². The molecule has 1 fully saturated rings. The SMILES string of the molecule is Cl.NC(=O)c1ccccc1Oc1ccc(NC(=O)CNCC2CC2)cc1. The zero-order chi connectivity index (χ0) is 17.6. The first-order valence-corrected chi connectivity index (χ1v) is 8.29. The van der Waals surface area contributed by atoms with E-state index in [1.165, 1.54) is 12.8 Å². The molecule has 1 aliphatic rings. The number of primary amides is 1. The van der Waals surface area contributed by atoms with Gasteiger partial charge in [0.05, 0.1) is 12.1 Å². The van der Waals surface area contributed by atoms with E-state index >= 15 is 0 Å². The molecule has 0 unspecified atom stereocenters. The Kier molecular flexibility index (Phi) is 7.00. The molecule has 2 aromatic carbocycles. The average molecular weight is 376 g/mol. The first-order valence-electron chi connectivity index (χ1n) is 8.29. The van der Waals surface area contributed by atoms with Crippen molar-refractivity contribution in [1.29, 1.82) is 0 Å². The third-order valence-corrected chi connectivity index (χ3v) is 3.93. The number of ether oxygens (including phenoxy) is 1. The number of anilines is 1. The van der Waals surface area contributed by atoms with Gasteiger partial charge in [0.1, 0.15) is 11.5 Å². The van der Waals surface area contributed by atoms with Crippen molar-refractivity contribution in [2.45, 2.75) is 12.8 Å². The van der Waals surface area contributed by atoms with E-state index in [9.17, 15) is 9.59 Å². The van der Waals surface area contributed by atoms with Gasteiger partial charge < -0.3 is 21.1 Å². The summed E-state index contributed by atoms with van der Waals surface area (Å²) in [5.41, 5.74) is 6.35. The average Bonchev–Trinajstić information content (AvgIpc) is 3.41. The second-order valence-corrected chi connectivity index (χ2v) is 6.11. The lowest BCUT2D eigenvalue weighted by Gasteiger charge is -2.10. The molecule has 1 aliphatic carbocycles. The number of para-hydroxylation sites is 1. The molecule has 2 amide bonds. The molecule has 0 heterocycles. The van der Waals surface area contributed by atoms with E-state index in [0.717, 1.165) is 12.5 Å². The molecular formula is C19H22ClN3O3. The van der Waals surface area contributed by atoms with Crippen LogP contribution in [0.3, 0.4) is 0 Å². The number of nitrogens with two attached hydrogens (primary N) is 1. The van der Waals surface area contributed by atoms with Gasteiger partial charge in [0.2, 0.25) is 5.91 Å². The van der Waals surface area contributed by atoms with Crippen LogP contribution >= 0.6 is 12.4 Å². The molecule has 7 heteroatoms. The van der Waals surface area contributed by atoms with Crippen molar-refractivity contribution in [2.75, 3.05) is 18.4 Å². The summed E-state index contributed by atoms with van der Waals surface area (Å²) in [5.74, 6) is 1.08. The van der Waals surface area contributed by atoms with E-state index in [1.807, 2.05) is 0 Å². The number of hydrogen-bond acceptors (Lipinski definition) is 4. The minimum Gasteiger partial charge on any atom is -0.457 e. The van der Waals surface area contributed by atoms with Crippen LogP contribution in [0.25, 0.3) is 0 Å². The van der Waals surface area contributed by atoms with Gasteiger partial charge in [-0.2, -0.15) is 0 Å². The van der Waals surface area contributed by atoms with E-state index in [-0.39, 0.29) is 18.3 Å². The lowest BCUT2D eigenvalue weighted by atomic mass is 10.2. The lowest BCUT2D eigenvalue weighted by Crippen LogP contribution is -2.29. The molecule has 138 valence electrons. The number of rotatable bonds is 8. The summed E-state index contributed by atoms with van der Waals surface area (Å²) >= 11 is 0. The molecule has 26 heavy (non-hydrogen) atoms. The van der Waals surface area contributed by atoms with E-state index in [2.05, 4.69) is 10.6 Å². The van der Waals surface area contributed by atoms with Crippen LogP contribution in [0.2, 0.25) is 0 Å². The van der Waals surface area contributed by atoms with Gasteiger partial charge in [0.15, 0.2) is 0 Å². The van der Waals surface area contributed by atoms with Crippen molar-refractivity contribution in [3.05, 3.63) is 54.1 Å². The fourth-order valence-electron chi connectivity index (χ4n) is 2.41. The van der Waals surface area contributed by atoms with Gasteiger partial charge in [-0.3, -0.25) is 9.59 Å². The highest BCUT2D eigenvalue weighted by molar-refractivity contribution is 5.95. The molecule has 0 radical (unpaired) electrons. The van der Waals surface area contributed by atoms with Crippen molar-refractivity contribution in [1.82, 2.24) is 5.32 Å². The monoisotopic (exact) mass is 375 g/mol. The summed E-state index contributed by atoms with van der Waals surface area (Å²) in [5, 5.41) is 5.97. The Morgan fingerprint density at radius 1 is 1.08 bits per heavy atom. The summed E-state index contributed by atoms with van der Waals surface area (Å²) in [6, 6.07) is 13.7. The molecule has 2 aromatic rings. The quantitative estimate of drug-likeness (QED) is 0.661. The van der Waals surface area contributed by atoms with Gasteiger partial charge in [-0.25, -0.2) is 0 Å². The van der Waals surface area contributed by atoms with Crippen LogP contribution in [0.15, 0.2) is 48.5 Å². The normalized spacial score (nSPS) is 12.8. The van der Waals surface area contributed by atoms with Crippen LogP contribution in [0.5, 0.6) is 11.5 Å². The van der Waals surface area contributed by atoms with Gasteiger partial charge in [-0.15, -0.1) is 12.4 Å². The predicted octanol–water partition coefficient (Wildman–Crippen LogP) is 2.94. The molecule has 3 rings (SSSR count). The standard InChI is InChI=1S/C19H21N3O3.ClH/c20-19(24)16-3-1-2-4-17(16)25-15-9-7-14(8-10-15)22-18(23)12-21-11-13-5-6-13;/h1-4,7-10,13,21H,5-6,11-12H2,(H2,20,24)(H,22,23);1H. The molecule has 4 N–H and O–H groups in total. The molecule has 6 nitrogen and oxygen atoms in total. The number of halogens is 1. The van der Waals surface area contributed by atoms with Crippen LogP contribution in [0.4, 0.5) is 5.69 Å². The summed E-state index contributed by atoms with van der Waals surface area (Å²) < 4.78 is 5.70. The summed E-state index contributed by atoms with van der Waals surface area (Å²) in [6.07, 6.45) is 2.52. The zero-order valence-electron chi connectivity index (χ0n) is 14.2. The Morgan fingerprint density at radius 2 is 1.77 bits per heavy atom. The zero-order valence-corrected chi connectivity index (χ0v) is 15.1. The van der Waals surface area contributed by atoms with Gasteiger partial charge in [0.25, 0.3) is 5.91 Å². The molecule has 0 atom stereocenters. The highest BCUT2D eigenvalue weighted by Gasteiger charge is 2.20. The smallest absolute Gasteiger partial charge is 0.252 e. The molecule has 1 saturated carbocycles. The van der Waals surface area contributed by atoms with E-state index < -0.39 is 5.91 Å². The van der Waals surface area contributed by atoms with Crippen molar-refractivity contribution < 1.29 is 14.3 Å². The number of benzene rings is 2. The van der Waals surface area contributed by atoms with E-state index in [4.69, 9.17) is 10.5 Å². The number of hydrogen-bond donors (Lipinski definition) is 3. The second kappa shape index (κ2) is 9.22. The van der Waals surface area contributed by atoms with Crippen LogP contribution in [-0.4, -0.2) is 24.9 Å². The maximum Gasteiger partial charge on any atom is 0.252 e. The largest absolute Gasteiger partial charge is 0.457 e. The fourth-order valence-corrected chi connectivity index (χ4v) is 2.41. The minimum absolute atomic E-state index is 0. The third-order valence-electron chi connectivity index (χ3n) is 3.93. The number of nitrogens with one attached hydrogen (secondary N) is 2. The summed E-state index contributed by atoms with van der Waals surface area (Å²) in [6.45, 7) is 1.21. The van der Waals surface area contributed by atoms with E-state index in [0.29, 0.717) is 29.3 Å². The fraction of sp³-hybridized carbons (Fsp3) is 0.263. The van der Waals surface area contributed by atoms with Crippen LogP contribution in [0, 0.1) is 5.92 Å². The van der Waals surface area contributed by atoms with Crippen molar-refractivity contribution >= 4 is 29.9 Å². The highest BCUT2D eigenvalue weighted by Crippen LogP contribution is 2.27. The molecule has 0 bridgehead atoms. The predicted molar refractivity (Wildman–Crippen MR) is 103 cm³/mol. The Bertz CT molecular complexity index is 761. The first kappa shape index (κ1) is 19.8. The Morgan fingerprint density at radius 3 is 2.42 bits per heavy atom. The topological polar surface area (TPSA) is 93.5 Å². The summed E-state index contributed by atoms with van der Waals surface area (Å²) in [7, 11) is 0. The first-order chi connectivity index (χ1) is 12.1. The minimum atomic E-state index is -0.543. The van der Waals surface area contributed by atoms with Crippen molar-refractivity contribution in [2.24, 2.45) is 11.7 Å². The van der Waals surface area contributed by atoms with Gasteiger partial charge >= 0.3 is 0 Å². The van der Waals surface area contributed by atoms with Crippen LogP contribution in [-0.2, 0) is 4.79 Å². The molecule has 0 aromatic heterocycles. The lowest BCUT2D eigenvalue weighted by molar-refractivity contribution is -0.115. The Hall–Kier alpha value is -2.57. The Labute approximate surface area is 158 Å². The van der Waals surface area contributed by atoms with Crippen molar-refractivity contribution in [3.8, 4) is 11.5 Å². The second-order valence-electron chi connectivity index (χ2n) is 6.11. The van der Waals surface area contributed by atoms with E-state index in [1.54, 1.807) is 48.5 Å². The highest BCUT2D eigenvalue weighted by atomic mass is 35.5. The summed E-state index contributed by atoms with van der Waals surface area (Å²) in [4.78, 5) is 23.3. The van der Waals surface area contributed by atoms with Crippen LogP contribution in [0.1, 0.15) is 23.2 Å². The molecule has 0 aliphatic heterocycles. The number of amides is 2. The molecule has 0 saturated heterocycles. The van der Waals surface area contributed by atoms with Gasteiger partial charge in [-0.05, 0) is 61.7 Å². The number of carbonyl (C=O) groups is 2. The maximum absolute atomic E-state index is 11.9. The molecule has 0 spiro atoms. The Balaban J connectivity index is 0.00000243. The molecular weight excluding hydrogens is 354 g/mol.